The Morgan fingerprint density at radius 2 is 1.89 bits per heavy atom. The summed E-state index contributed by atoms with van der Waals surface area (Å²) in [7, 11) is 0. The van der Waals surface area contributed by atoms with Gasteiger partial charge < -0.3 is 14.8 Å². The second kappa shape index (κ2) is 7.22. The third-order valence-corrected chi connectivity index (χ3v) is 5.70. The maximum absolute atomic E-state index is 12.7. The summed E-state index contributed by atoms with van der Waals surface area (Å²) < 4.78 is 0. The van der Waals surface area contributed by atoms with Gasteiger partial charge in [-0.3, -0.25) is 14.4 Å². The minimum Gasteiger partial charge on any atom is -0.338 e. The van der Waals surface area contributed by atoms with Crippen molar-refractivity contribution in [2.75, 3.05) is 19.6 Å². The molecule has 1 N–H and O–H groups in total. The lowest BCUT2D eigenvalue weighted by atomic mass is 10.0. The normalized spacial score (nSPS) is 18.9. The number of carbonyl (C=O) groups is 2. The molecular formula is C21H24N4O3. The van der Waals surface area contributed by atoms with Crippen LogP contribution in [-0.4, -0.2) is 51.2 Å². The Kier molecular flexibility index (Phi) is 4.75. The zero-order chi connectivity index (χ0) is 19.8. The standard InChI is InChI=1S/C21H24N4O3/c1-13-3-5-15(6-4-13)21(28)25-9-7-16(11-25)19-22-18-12-24(14(2)26)10-8-17(18)20(27)23-19/h3-6,16H,7-12H2,1-2H3,(H,22,23,27)/t16-/m0/s1. The number of fused-ring (bicyclic) bond motifs is 1. The summed E-state index contributed by atoms with van der Waals surface area (Å²) in [5.41, 5.74) is 3.03. The molecule has 2 aliphatic heterocycles. The highest BCUT2D eigenvalue weighted by Crippen LogP contribution is 2.26. The maximum Gasteiger partial charge on any atom is 0.254 e. The summed E-state index contributed by atoms with van der Waals surface area (Å²) in [4.78, 5) is 48.1. The minimum absolute atomic E-state index is 0.0000953. The van der Waals surface area contributed by atoms with Crippen molar-refractivity contribution in [1.29, 1.82) is 0 Å². The largest absolute Gasteiger partial charge is 0.338 e. The molecule has 0 radical (unpaired) electrons. The zero-order valence-electron chi connectivity index (χ0n) is 16.2. The molecule has 0 unspecified atom stereocenters. The maximum atomic E-state index is 12.7. The molecular weight excluding hydrogens is 356 g/mol. The summed E-state index contributed by atoms with van der Waals surface area (Å²) in [5.74, 6) is 0.615. The van der Waals surface area contributed by atoms with Crippen LogP contribution in [0.2, 0.25) is 0 Å². The Bertz CT molecular complexity index is 980. The Morgan fingerprint density at radius 1 is 1.14 bits per heavy atom. The van der Waals surface area contributed by atoms with Crippen LogP contribution in [0.25, 0.3) is 0 Å². The summed E-state index contributed by atoms with van der Waals surface area (Å²) in [6.45, 7) is 5.62. The second-order valence-corrected chi connectivity index (χ2v) is 7.67. The molecule has 28 heavy (non-hydrogen) atoms. The molecule has 2 aliphatic rings. The van der Waals surface area contributed by atoms with Crippen LogP contribution in [0.3, 0.4) is 0 Å². The first kappa shape index (κ1) is 18.4. The zero-order valence-corrected chi connectivity index (χ0v) is 16.2. The van der Waals surface area contributed by atoms with E-state index < -0.39 is 0 Å². The topological polar surface area (TPSA) is 86.4 Å². The quantitative estimate of drug-likeness (QED) is 0.858. The van der Waals surface area contributed by atoms with E-state index in [0.717, 1.165) is 12.0 Å². The molecule has 1 aromatic heterocycles. The molecule has 2 amide bonds. The lowest BCUT2D eigenvalue weighted by Gasteiger charge is -2.27. The van der Waals surface area contributed by atoms with Gasteiger partial charge in [0.15, 0.2) is 0 Å². The first-order chi connectivity index (χ1) is 13.4. The third kappa shape index (κ3) is 3.44. The van der Waals surface area contributed by atoms with Gasteiger partial charge in [0.25, 0.3) is 11.5 Å². The van der Waals surface area contributed by atoms with Crippen molar-refractivity contribution in [3.63, 3.8) is 0 Å². The molecule has 4 rings (SSSR count). The Labute approximate surface area is 163 Å². The van der Waals surface area contributed by atoms with Gasteiger partial charge in [-0.05, 0) is 31.9 Å². The lowest BCUT2D eigenvalue weighted by Crippen LogP contribution is -2.38. The Balaban J connectivity index is 1.53. The summed E-state index contributed by atoms with van der Waals surface area (Å²) in [5, 5.41) is 0. The van der Waals surface area contributed by atoms with E-state index in [1.165, 1.54) is 6.92 Å². The highest BCUT2D eigenvalue weighted by Gasteiger charge is 2.31. The van der Waals surface area contributed by atoms with Crippen LogP contribution in [0, 0.1) is 6.92 Å². The number of hydrogen-bond acceptors (Lipinski definition) is 4. The number of aromatic nitrogens is 2. The number of carbonyl (C=O) groups excluding carboxylic acids is 2. The summed E-state index contributed by atoms with van der Waals surface area (Å²) in [6, 6.07) is 7.56. The predicted octanol–water partition coefficient (Wildman–Crippen LogP) is 1.61. The van der Waals surface area contributed by atoms with E-state index in [4.69, 9.17) is 0 Å². The highest BCUT2D eigenvalue weighted by molar-refractivity contribution is 5.94. The van der Waals surface area contributed by atoms with Gasteiger partial charge in [-0.15, -0.1) is 0 Å². The van der Waals surface area contributed by atoms with Gasteiger partial charge in [-0.25, -0.2) is 4.98 Å². The Hall–Kier alpha value is -2.96. The van der Waals surface area contributed by atoms with Crippen LogP contribution in [0.15, 0.2) is 29.1 Å². The highest BCUT2D eigenvalue weighted by atomic mass is 16.2. The predicted molar refractivity (Wildman–Crippen MR) is 104 cm³/mol. The van der Waals surface area contributed by atoms with E-state index in [2.05, 4.69) is 9.97 Å². The molecule has 3 heterocycles. The number of H-pyrrole nitrogens is 1. The van der Waals surface area contributed by atoms with Crippen molar-refractivity contribution in [2.45, 2.75) is 39.2 Å². The summed E-state index contributed by atoms with van der Waals surface area (Å²) in [6.07, 6.45) is 1.29. The Morgan fingerprint density at radius 3 is 2.61 bits per heavy atom. The van der Waals surface area contributed by atoms with Crippen LogP contribution < -0.4 is 5.56 Å². The van der Waals surface area contributed by atoms with Crippen molar-refractivity contribution in [2.24, 2.45) is 0 Å². The number of likely N-dealkylation sites (tertiary alicyclic amines) is 1. The fourth-order valence-corrected chi connectivity index (χ4v) is 3.97. The third-order valence-electron chi connectivity index (χ3n) is 5.70. The van der Waals surface area contributed by atoms with E-state index in [9.17, 15) is 14.4 Å². The van der Waals surface area contributed by atoms with Gasteiger partial charge in [0.2, 0.25) is 5.91 Å². The molecule has 7 heteroatoms. The van der Waals surface area contributed by atoms with Gasteiger partial charge in [0, 0.05) is 43.6 Å². The van der Waals surface area contributed by atoms with Gasteiger partial charge in [-0.1, -0.05) is 17.7 Å². The number of nitrogens with zero attached hydrogens (tertiary/aromatic N) is 3. The first-order valence-corrected chi connectivity index (χ1v) is 9.66. The molecule has 0 saturated carbocycles. The molecule has 1 aromatic carbocycles. The van der Waals surface area contributed by atoms with E-state index in [1.807, 2.05) is 36.1 Å². The average molecular weight is 380 g/mol. The van der Waals surface area contributed by atoms with E-state index in [-0.39, 0.29) is 23.3 Å². The van der Waals surface area contributed by atoms with Crippen LogP contribution >= 0.6 is 0 Å². The average Bonchev–Trinajstić information content (AvgIpc) is 3.17. The minimum atomic E-state index is -0.119. The number of aromatic amines is 1. The van der Waals surface area contributed by atoms with Crippen LogP contribution in [0.5, 0.6) is 0 Å². The molecule has 1 fully saturated rings. The van der Waals surface area contributed by atoms with Crippen molar-refractivity contribution in [3.8, 4) is 0 Å². The van der Waals surface area contributed by atoms with Crippen molar-refractivity contribution < 1.29 is 9.59 Å². The van der Waals surface area contributed by atoms with Crippen LogP contribution in [0.4, 0.5) is 0 Å². The number of rotatable bonds is 2. The molecule has 1 atom stereocenters. The molecule has 7 nitrogen and oxygen atoms in total. The summed E-state index contributed by atoms with van der Waals surface area (Å²) >= 11 is 0. The number of hydrogen-bond donors (Lipinski definition) is 1. The molecule has 1 saturated heterocycles. The molecule has 146 valence electrons. The van der Waals surface area contributed by atoms with Crippen molar-refractivity contribution in [3.05, 3.63) is 62.8 Å². The molecule has 0 aliphatic carbocycles. The first-order valence-electron chi connectivity index (χ1n) is 9.66. The fourth-order valence-electron chi connectivity index (χ4n) is 3.97. The van der Waals surface area contributed by atoms with Crippen molar-refractivity contribution >= 4 is 11.8 Å². The number of nitrogens with one attached hydrogen (secondary N) is 1. The molecule has 0 bridgehead atoms. The van der Waals surface area contributed by atoms with Crippen LogP contribution in [-0.2, 0) is 17.8 Å². The SMILES string of the molecule is CC(=O)N1CCc2c(nc([C@H]3CCN(C(=O)c4ccc(C)cc4)C3)[nH]c2=O)C1. The monoisotopic (exact) mass is 380 g/mol. The number of amides is 2. The van der Waals surface area contributed by atoms with Crippen molar-refractivity contribution in [1.82, 2.24) is 19.8 Å². The smallest absolute Gasteiger partial charge is 0.254 e. The number of benzene rings is 1. The number of aryl methyl sites for hydroxylation is 1. The fraction of sp³-hybridized carbons (Fsp3) is 0.429. The second-order valence-electron chi connectivity index (χ2n) is 7.67. The van der Waals surface area contributed by atoms with Gasteiger partial charge >= 0.3 is 0 Å². The van der Waals surface area contributed by atoms with E-state index in [0.29, 0.717) is 55.2 Å². The van der Waals surface area contributed by atoms with Gasteiger partial charge in [0.1, 0.15) is 5.82 Å². The molecule has 2 aromatic rings. The molecule has 0 spiro atoms. The van der Waals surface area contributed by atoms with Crippen LogP contribution in [0.1, 0.15) is 52.3 Å². The van der Waals surface area contributed by atoms with Gasteiger partial charge in [-0.2, -0.15) is 0 Å². The van der Waals surface area contributed by atoms with E-state index in [1.54, 1.807) is 4.90 Å². The lowest BCUT2D eigenvalue weighted by molar-refractivity contribution is -0.129. The van der Waals surface area contributed by atoms with E-state index >= 15 is 0 Å². The van der Waals surface area contributed by atoms with Gasteiger partial charge in [0.05, 0.1) is 12.2 Å².